The summed E-state index contributed by atoms with van der Waals surface area (Å²) in [6.07, 6.45) is 36.5. The summed E-state index contributed by atoms with van der Waals surface area (Å²) in [6, 6.07) is 0. The first-order valence-corrected chi connectivity index (χ1v) is 21.3. The Labute approximate surface area is 300 Å². The highest BCUT2D eigenvalue weighted by Gasteiger charge is 2.25. The van der Waals surface area contributed by atoms with Crippen molar-refractivity contribution in [1.82, 2.24) is 0 Å². The second-order valence-electron chi connectivity index (χ2n) is 13.2. The Hall–Kier alpha value is -1.51. The molecule has 0 saturated carbocycles. The fourth-order valence-corrected chi connectivity index (χ4v) is 6.16. The highest BCUT2D eigenvalue weighted by atomic mass is 31.2. The molecule has 0 fully saturated rings. The van der Waals surface area contributed by atoms with Crippen molar-refractivity contribution < 1.29 is 37.6 Å². The van der Waals surface area contributed by atoms with Gasteiger partial charge in [-0.25, -0.2) is 4.57 Å². The molecule has 0 heterocycles. The van der Waals surface area contributed by atoms with Crippen LogP contribution in [0.1, 0.15) is 181 Å². The molecule has 0 aliphatic rings. The van der Waals surface area contributed by atoms with Crippen LogP contribution in [0, 0.1) is 0 Å². The lowest BCUT2D eigenvalue weighted by Crippen LogP contribution is -2.29. The van der Waals surface area contributed by atoms with Crippen LogP contribution in [-0.2, 0) is 32.7 Å². The van der Waals surface area contributed by atoms with Crippen LogP contribution < -0.4 is 5.73 Å². The third-order valence-corrected chi connectivity index (χ3v) is 9.34. The van der Waals surface area contributed by atoms with Crippen molar-refractivity contribution >= 4 is 19.8 Å². The Balaban J connectivity index is 4.27. The van der Waals surface area contributed by atoms with Crippen LogP contribution in [-0.4, -0.2) is 49.3 Å². The molecule has 10 heteroatoms. The van der Waals surface area contributed by atoms with Gasteiger partial charge in [0.1, 0.15) is 6.61 Å². The Morgan fingerprint density at radius 1 is 0.612 bits per heavy atom. The van der Waals surface area contributed by atoms with Gasteiger partial charge >= 0.3 is 19.8 Å². The van der Waals surface area contributed by atoms with Crippen molar-refractivity contribution in [2.75, 3.05) is 26.4 Å². The molecule has 0 spiro atoms. The Morgan fingerprint density at radius 2 is 1.10 bits per heavy atom. The van der Waals surface area contributed by atoms with E-state index in [9.17, 15) is 19.0 Å². The fraction of sp³-hybridized carbons (Fsp3) is 0.846. The van der Waals surface area contributed by atoms with Gasteiger partial charge in [-0.05, 0) is 32.1 Å². The topological polar surface area (TPSA) is 134 Å². The van der Waals surface area contributed by atoms with Gasteiger partial charge < -0.3 is 20.1 Å². The second kappa shape index (κ2) is 36.3. The summed E-state index contributed by atoms with van der Waals surface area (Å²) in [7, 11) is -4.38. The van der Waals surface area contributed by atoms with E-state index >= 15 is 0 Å². The molecule has 0 saturated heterocycles. The van der Waals surface area contributed by atoms with Gasteiger partial charge in [-0.2, -0.15) is 0 Å². The minimum atomic E-state index is -4.38. The Kier molecular flexibility index (Phi) is 35.2. The Morgan fingerprint density at radius 3 is 1.63 bits per heavy atom. The van der Waals surface area contributed by atoms with Gasteiger partial charge in [0.05, 0.1) is 13.2 Å². The molecule has 0 aromatic carbocycles. The van der Waals surface area contributed by atoms with E-state index in [1.165, 1.54) is 116 Å². The molecular formula is C39H74NO8P. The third kappa shape index (κ3) is 36.1. The van der Waals surface area contributed by atoms with E-state index in [0.29, 0.717) is 6.42 Å². The molecular weight excluding hydrogens is 641 g/mol. The molecule has 288 valence electrons. The number of carbonyl (C=O) groups excluding carboxylic acids is 2. The van der Waals surface area contributed by atoms with E-state index in [2.05, 4.69) is 26.0 Å². The van der Waals surface area contributed by atoms with E-state index < -0.39 is 32.5 Å². The lowest BCUT2D eigenvalue weighted by Gasteiger charge is -2.19. The maximum atomic E-state index is 12.5. The first-order chi connectivity index (χ1) is 23.8. The van der Waals surface area contributed by atoms with E-state index in [4.69, 9.17) is 24.3 Å². The largest absolute Gasteiger partial charge is 0.472 e. The number of hydrogen-bond acceptors (Lipinski definition) is 8. The molecule has 0 bridgehead atoms. The zero-order chi connectivity index (χ0) is 36.1. The summed E-state index contributed by atoms with van der Waals surface area (Å²) in [5, 5.41) is 0. The predicted octanol–water partition coefficient (Wildman–Crippen LogP) is 10.8. The molecule has 3 N–H and O–H groups in total. The van der Waals surface area contributed by atoms with E-state index in [-0.39, 0.29) is 32.6 Å². The van der Waals surface area contributed by atoms with Gasteiger partial charge in [0.25, 0.3) is 0 Å². The summed E-state index contributed by atoms with van der Waals surface area (Å²) in [4.78, 5) is 34.7. The minimum absolute atomic E-state index is 0.0473. The van der Waals surface area contributed by atoms with Crippen LogP contribution in [0.3, 0.4) is 0 Å². The number of unbranched alkanes of at least 4 members (excludes halogenated alkanes) is 20. The Bertz CT molecular complexity index is 866. The normalized spacial score (nSPS) is 13.6. The lowest BCUT2D eigenvalue weighted by molar-refractivity contribution is -0.161. The number of phosphoric ester groups is 1. The third-order valence-electron chi connectivity index (χ3n) is 8.35. The number of hydrogen-bond donors (Lipinski definition) is 2. The fourth-order valence-electron chi connectivity index (χ4n) is 5.39. The molecule has 2 atom stereocenters. The van der Waals surface area contributed by atoms with Crippen LogP contribution in [0.2, 0.25) is 0 Å². The van der Waals surface area contributed by atoms with E-state index in [1.807, 2.05) is 12.2 Å². The molecule has 0 rings (SSSR count). The quantitative estimate of drug-likeness (QED) is 0.0279. The zero-order valence-electron chi connectivity index (χ0n) is 31.4. The van der Waals surface area contributed by atoms with Gasteiger partial charge in [-0.15, -0.1) is 0 Å². The smallest absolute Gasteiger partial charge is 0.462 e. The summed E-state index contributed by atoms with van der Waals surface area (Å²) in [6.45, 7) is 3.66. The maximum Gasteiger partial charge on any atom is 0.472 e. The molecule has 9 nitrogen and oxygen atoms in total. The first kappa shape index (κ1) is 47.5. The lowest BCUT2D eigenvalue weighted by atomic mass is 10.0. The van der Waals surface area contributed by atoms with Crippen molar-refractivity contribution in [1.29, 1.82) is 0 Å². The van der Waals surface area contributed by atoms with E-state index in [0.717, 1.165) is 32.1 Å². The van der Waals surface area contributed by atoms with Crippen LogP contribution in [0.4, 0.5) is 0 Å². The standard InChI is InChI=1S/C39H74NO8P/c1-3-5-7-9-11-13-15-17-18-20-22-24-26-28-30-32-39(42)48-37(36-47-49(43,44)46-34-33-40)35-45-38(41)31-29-27-25-23-21-19-16-14-12-10-8-6-4-2/h20,22,26,28,37H,3-19,21,23-25,27,29-36,40H2,1-2H3,(H,43,44)/b22-20-,28-26-. The van der Waals surface area contributed by atoms with Gasteiger partial charge in [0.2, 0.25) is 0 Å². The predicted molar refractivity (Wildman–Crippen MR) is 201 cm³/mol. The first-order valence-electron chi connectivity index (χ1n) is 19.8. The average Bonchev–Trinajstić information content (AvgIpc) is 3.08. The van der Waals surface area contributed by atoms with Crippen molar-refractivity contribution in [3.8, 4) is 0 Å². The second-order valence-corrected chi connectivity index (χ2v) is 14.6. The summed E-state index contributed by atoms with van der Waals surface area (Å²) in [5.41, 5.74) is 5.33. The number of allylic oxidation sites excluding steroid dienone is 4. The molecule has 0 aliphatic heterocycles. The number of carbonyl (C=O) groups is 2. The van der Waals surface area contributed by atoms with Crippen molar-refractivity contribution in [2.24, 2.45) is 5.73 Å². The van der Waals surface area contributed by atoms with Crippen LogP contribution in [0.25, 0.3) is 0 Å². The number of ether oxygens (including phenoxy) is 2. The van der Waals surface area contributed by atoms with E-state index in [1.54, 1.807) is 0 Å². The molecule has 0 aliphatic carbocycles. The highest BCUT2D eigenvalue weighted by Crippen LogP contribution is 2.43. The number of rotatable bonds is 37. The average molecular weight is 716 g/mol. The van der Waals surface area contributed by atoms with Gasteiger partial charge in [-0.1, -0.05) is 160 Å². The molecule has 0 amide bonds. The van der Waals surface area contributed by atoms with Crippen molar-refractivity contribution in [3.05, 3.63) is 24.3 Å². The summed E-state index contributed by atoms with van der Waals surface area (Å²) in [5.74, 6) is -0.902. The van der Waals surface area contributed by atoms with Gasteiger partial charge in [-0.3, -0.25) is 18.6 Å². The van der Waals surface area contributed by atoms with Crippen LogP contribution in [0.15, 0.2) is 24.3 Å². The highest BCUT2D eigenvalue weighted by molar-refractivity contribution is 7.47. The monoisotopic (exact) mass is 716 g/mol. The van der Waals surface area contributed by atoms with Gasteiger partial charge in [0, 0.05) is 19.4 Å². The number of esters is 2. The zero-order valence-corrected chi connectivity index (χ0v) is 32.3. The SMILES string of the molecule is CCCCCCCCCC/C=C\C/C=C\CCC(=O)OC(COC(=O)CCCCCCCCCCCCCCC)COP(=O)(O)OCCN. The summed E-state index contributed by atoms with van der Waals surface area (Å²) < 4.78 is 32.6. The number of phosphoric acid groups is 1. The van der Waals surface area contributed by atoms with Crippen molar-refractivity contribution in [3.63, 3.8) is 0 Å². The molecule has 0 aromatic rings. The number of nitrogens with two attached hydrogens (primary N) is 1. The van der Waals surface area contributed by atoms with Crippen molar-refractivity contribution in [2.45, 2.75) is 187 Å². The summed E-state index contributed by atoms with van der Waals surface area (Å²) >= 11 is 0. The van der Waals surface area contributed by atoms with Gasteiger partial charge in [0.15, 0.2) is 6.10 Å². The maximum absolute atomic E-state index is 12.5. The van der Waals surface area contributed by atoms with Crippen LogP contribution >= 0.6 is 7.82 Å². The molecule has 0 radical (unpaired) electrons. The molecule has 0 aromatic heterocycles. The molecule has 49 heavy (non-hydrogen) atoms. The van der Waals surface area contributed by atoms with Crippen LogP contribution in [0.5, 0.6) is 0 Å². The molecule has 2 unspecified atom stereocenters. The minimum Gasteiger partial charge on any atom is -0.462 e.